The van der Waals surface area contributed by atoms with Crippen LogP contribution in [0.1, 0.15) is 29.3 Å². The van der Waals surface area contributed by atoms with E-state index < -0.39 is 11.7 Å². The molecule has 0 aromatic heterocycles. The summed E-state index contributed by atoms with van der Waals surface area (Å²) in [5, 5.41) is 5.49. The summed E-state index contributed by atoms with van der Waals surface area (Å²) in [5.41, 5.74) is 0.222. The van der Waals surface area contributed by atoms with Gasteiger partial charge >= 0.3 is 6.18 Å². The zero-order chi connectivity index (χ0) is 19.3. The summed E-state index contributed by atoms with van der Waals surface area (Å²) in [6, 6.07) is 9.42. The van der Waals surface area contributed by atoms with Gasteiger partial charge in [-0.15, -0.1) is 0 Å². The lowest BCUT2D eigenvalue weighted by atomic mass is 10.1. The highest BCUT2D eigenvalue weighted by molar-refractivity contribution is 6.33. The topological polar surface area (TPSA) is 58.2 Å². The van der Waals surface area contributed by atoms with Crippen molar-refractivity contribution in [1.82, 2.24) is 0 Å². The van der Waals surface area contributed by atoms with Crippen molar-refractivity contribution in [2.24, 2.45) is 0 Å². The van der Waals surface area contributed by atoms with E-state index in [1.54, 1.807) is 24.3 Å². The molecule has 8 heteroatoms. The molecule has 0 spiro atoms. The lowest BCUT2D eigenvalue weighted by Gasteiger charge is -2.12. The third-order valence-corrected chi connectivity index (χ3v) is 3.84. The molecule has 0 atom stereocenters. The van der Waals surface area contributed by atoms with Crippen molar-refractivity contribution in [1.29, 1.82) is 0 Å². The number of halogens is 4. The zero-order valence-corrected chi connectivity index (χ0v) is 14.5. The molecule has 26 heavy (non-hydrogen) atoms. The van der Waals surface area contributed by atoms with Gasteiger partial charge in [0.2, 0.25) is 5.91 Å². The van der Waals surface area contributed by atoms with Crippen LogP contribution in [0, 0.1) is 0 Å². The molecule has 0 fully saturated rings. The van der Waals surface area contributed by atoms with E-state index in [-0.39, 0.29) is 35.4 Å². The van der Waals surface area contributed by atoms with Gasteiger partial charge in [0.1, 0.15) is 0 Å². The predicted molar refractivity (Wildman–Crippen MR) is 94.6 cm³/mol. The fraction of sp³-hybridized carbons (Fsp3) is 0.222. The predicted octanol–water partition coefficient (Wildman–Crippen LogP) is 5.00. The number of hydrogen-bond acceptors (Lipinski definition) is 3. The van der Waals surface area contributed by atoms with E-state index in [1.807, 2.05) is 0 Å². The lowest BCUT2D eigenvalue weighted by Crippen LogP contribution is -2.17. The van der Waals surface area contributed by atoms with Crippen LogP contribution in [0.25, 0.3) is 0 Å². The maximum absolute atomic E-state index is 12.7. The minimum absolute atomic E-state index is 0.0108. The van der Waals surface area contributed by atoms with Crippen LogP contribution >= 0.6 is 11.6 Å². The number of ketones is 1. The first kappa shape index (κ1) is 19.8. The summed E-state index contributed by atoms with van der Waals surface area (Å²) >= 11 is 5.88. The second kappa shape index (κ2) is 8.23. The SMILES string of the molecule is CC(=O)c1cccc(NC(=O)CCNc2cc(C(F)(F)F)ccc2Cl)c1. The van der Waals surface area contributed by atoms with Crippen LogP contribution in [0.5, 0.6) is 0 Å². The van der Waals surface area contributed by atoms with Gasteiger partial charge in [0.15, 0.2) is 5.78 Å². The number of Topliss-reactive ketones (excluding diaryl/α,β-unsaturated/α-hetero) is 1. The fourth-order valence-electron chi connectivity index (χ4n) is 2.19. The van der Waals surface area contributed by atoms with Crippen molar-refractivity contribution in [2.45, 2.75) is 19.5 Å². The van der Waals surface area contributed by atoms with Crippen LogP contribution in [0.15, 0.2) is 42.5 Å². The van der Waals surface area contributed by atoms with Crippen LogP contribution in [-0.4, -0.2) is 18.2 Å². The van der Waals surface area contributed by atoms with Gasteiger partial charge in [0, 0.05) is 24.2 Å². The number of anilines is 2. The molecule has 0 aliphatic rings. The molecule has 138 valence electrons. The van der Waals surface area contributed by atoms with E-state index in [2.05, 4.69) is 10.6 Å². The Morgan fingerprint density at radius 3 is 2.50 bits per heavy atom. The molecular weight excluding hydrogens is 369 g/mol. The Morgan fingerprint density at radius 1 is 1.12 bits per heavy atom. The molecular formula is C18H16ClF3N2O2. The van der Waals surface area contributed by atoms with Gasteiger partial charge in [-0.2, -0.15) is 13.2 Å². The van der Waals surface area contributed by atoms with Crippen LogP contribution in [0.4, 0.5) is 24.5 Å². The molecule has 2 aromatic carbocycles. The molecule has 0 radical (unpaired) electrons. The highest BCUT2D eigenvalue weighted by atomic mass is 35.5. The molecule has 0 aliphatic carbocycles. The summed E-state index contributed by atoms with van der Waals surface area (Å²) in [4.78, 5) is 23.3. The summed E-state index contributed by atoms with van der Waals surface area (Å²) in [5.74, 6) is -0.469. The quantitative estimate of drug-likeness (QED) is 0.689. The van der Waals surface area contributed by atoms with Crippen molar-refractivity contribution in [3.05, 3.63) is 58.6 Å². The maximum atomic E-state index is 12.7. The lowest BCUT2D eigenvalue weighted by molar-refractivity contribution is -0.137. The van der Waals surface area contributed by atoms with Crippen LogP contribution in [0.2, 0.25) is 5.02 Å². The van der Waals surface area contributed by atoms with E-state index in [0.29, 0.717) is 11.3 Å². The smallest absolute Gasteiger partial charge is 0.383 e. The maximum Gasteiger partial charge on any atom is 0.416 e. The van der Waals surface area contributed by atoms with Gasteiger partial charge in [-0.05, 0) is 37.3 Å². The molecule has 0 saturated carbocycles. The molecule has 0 unspecified atom stereocenters. The number of rotatable bonds is 6. The average molecular weight is 385 g/mol. The standard InChI is InChI=1S/C18H16ClF3N2O2/c1-11(25)12-3-2-4-14(9-12)24-17(26)7-8-23-16-10-13(18(20,21)22)5-6-15(16)19/h2-6,9-10,23H,7-8H2,1H3,(H,24,26). The van der Waals surface area contributed by atoms with Crippen molar-refractivity contribution in [3.8, 4) is 0 Å². The van der Waals surface area contributed by atoms with Crippen LogP contribution < -0.4 is 10.6 Å². The van der Waals surface area contributed by atoms with Gasteiger partial charge in [-0.1, -0.05) is 23.7 Å². The first-order chi connectivity index (χ1) is 12.2. The monoisotopic (exact) mass is 384 g/mol. The Labute approximate surface area is 153 Å². The van der Waals surface area contributed by atoms with Gasteiger partial charge in [-0.3, -0.25) is 9.59 Å². The normalized spacial score (nSPS) is 11.1. The van der Waals surface area contributed by atoms with Crippen molar-refractivity contribution in [2.75, 3.05) is 17.2 Å². The first-order valence-electron chi connectivity index (χ1n) is 7.68. The minimum Gasteiger partial charge on any atom is -0.383 e. The van der Waals surface area contributed by atoms with Gasteiger partial charge in [-0.25, -0.2) is 0 Å². The third-order valence-electron chi connectivity index (χ3n) is 3.51. The zero-order valence-electron chi connectivity index (χ0n) is 13.8. The molecule has 2 aromatic rings. The summed E-state index contributed by atoms with van der Waals surface area (Å²) < 4.78 is 38.2. The molecule has 0 aliphatic heterocycles. The number of nitrogens with one attached hydrogen (secondary N) is 2. The third kappa shape index (κ3) is 5.49. The number of carbonyl (C=O) groups excluding carboxylic acids is 2. The molecule has 0 bridgehead atoms. The van der Waals surface area contributed by atoms with Gasteiger partial charge in [0.05, 0.1) is 16.3 Å². The number of carbonyl (C=O) groups is 2. The Balaban J connectivity index is 1.93. The van der Waals surface area contributed by atoms with Crippen molar-refractivity contribution < 1.29 is 22.8 Å². The van der Waals surface area contributed by atoms with E-state index in [1.165, 1.54) is 6.92 Å². The van der Waals surface area contributed by atoms with Crippen LogP contribution in [0.3, 0.4) is 0 Å². The van der Waals surface area contributed by atoms with Gasteiger partial charge < -0.3 is 10.6 Å². The Bertz CT molecular complexity index is 822. The second-order valence-corrected chi connectivity index (χ2v) is 5.96. The first-order valence-corrected chi connectivity index (χ1v) is 8.06. The molecule has 1 amide bonds. The van der Waals surface area contributed by atoms with E-state index in [0.717, 1.165) is 18.2 Å². The highest BCUT2D eigenvalue weighted by Crippen LogP contribution is 2.33. The van der Waals surface area contributed by atoms with E-state index in [9.17, 15) is 22.8 Å². The van der Waals surface area contributed by atoms with E-state index >= 15 is 0 Å². The molecule has 2 N–H and O–H groups in total. The molecule has 0 saturated heterocycles. The molecule has 4 nitrogen and oxygen atoms in total. The Kier molecular flexibility index (Phi) is 6.26. The largest absolute Gasteiger partial charge is 0.416 e. The van der Waals surface area contributed by atoms with E-state index in [4.69, 9.17) is 11.6 Å². The van der Waals surface area contributed by atoms with Crippen molar-refractivity contribution >= 4 is 34.7 Å². The summed E-state index contributed by atoms with van der Waals surface area (Å²) in [6.45, 7) is 1.52. The van der Waals surface area contributed by atoms with Crippen LogP contribution in [-0.2, 0) is 11.0 Å². The second-order valence-electron chi connectivity index (χ2n) is 5.55. The summed E-state index contributed by atoms with van der Waals surface area (Å²) in [7, 11) is 0. The fourth-order valence-corrected chi connectivity index (χ4v) is 2.37. The number of benzene rings is 2. The number of alkyl halides is 3. The molecule has 2 rings (SSSR count). The average Bonchev–Trinajstić information content (AvgIpc) is 2.55. The minimum atomic E-state index is -4.47. The summed E-state index contributed by atoms with van der Waals surface area (Å²) in [6.07, 6.45) is -4.46. The van der Waals surface area contributed by atoms with Gasteiger partial charge in [0.25, 0.3) is 0 Å². The number of hydrogen-bond donors (Lipinski definition) is 2. The molecule has 0 heterocycles. The highest BCUT2D eigenvalue weighted by Gasteiger charge is 2.30. The van der Waals surface area contributed by atoms with Crippen molar-refractivity contribution in [3.63, 3.8) is 0 Å². The Morgan fingerprint density at radius 2 is 1.85 bits per heavy atom. The Hall–Kier alpha value is -2.54. The number of amides is 1.